The maximum atomic E-state index is 13.2. The number of nitrogens with one attached hydrogen (secondary N) is 3. The van der Waals surface area contributed by atoms with Crippen molar-refractivity contribution in [1.29, 1.82) is 5.41 Å². The Morgan fingerprint density at radius 2 is 2.10 bits per heavy atom. The van der Waals surface area contributed by atoms with Crippen LogP contribution in [0.2, 0.25) is 0 Å². The van der Waals surface area contributed by atoms with Crippen molar-refractivity contribution in [3.8, 4) is 0 Å². The van der Waals surface area contributed by atoms with Crippen LogP contribution in [0.4, 0.5) is 10.1 Å². The summed E-state index contributed by atoms with van der Waals surface area (Å²) in [6.07, 6.45) is 12.9. The number of nitrogens with two attached hydrogens (primary N) is 1. The van der Waals surface area contributed by atoms with E-state index in [0.29, 0.717) is 13.0 Å². The molecule has 0 bridgehead atoms. The predicted octanol–water partition coefficient (Wildman–Crippen LogP) is 5.36. The molecule has 0 aliphatic heterocycles. The van der Waals surface area contributed by atoms with E-state index in [9.17, 15) is 4.39 Å². The normalized spacial score (nSPS) is 19.6. The van der Waals surface area contributed by atoms with Gasteiger partial charge in [-0.15, -0.1) is 18.3 Å². The lowest BCUT2D eigenvalue weighted by Crippen LogP contribution is -2.34. The summed E-state index contributed by atoms with van der Waals surface area (Å²) < 4.78 is 13.2. The van der Waals surface area contributed by atoms with Gasteiger partial charge in [0, 0.05) is 53.5 Å². The molecule has 0 saturated heterocycles. The van der Waals surface area contributed by atoms with Crippen LogP contribution in [0.3, 0.4) is 0 Å². The van der Waals surface area contributed by atoms with E-state index in [1.165, 1.54) is 23.9 Å². The van der Waals surface area contributed by atoms with Gasteiger partial charge in [0.25, 0.3) is 0 Å². The summed E-state index contributed by atoms with van der Waals surface area (Å²) >= 11 is 1.77. The minimum Gasteiger partial charge on any atom is -0.393 e. The van der Waals surface area contributed by atoms with Crippen molar-refractivity contribution in [3.05, 3.63) is 88.9 Å². The lowest BCUT2D eigenvalue weighted by molar-refractivity contribution is 0.455. The molecule has 0 radical (unpaired) electrons. The highest BCUT2D eigenvalue weighted by Gasteiger charge is 2.34. The van der Waals surface area contributed by atoms with Gasteiger partial charge in [-0.25, -0.2) is 4.39 Å². The lowest BCUT2D eigenvalue weighted by atomic mass is 9.70. The van der Waals surface area contributed by atoms with Gasteiger partial charge in [-0.2, -0.15) is 0 Å². The fourth-order valence-corrected chi connectivity index (χ4v) is 4.42. The van der Waals surface area contributed by atoms with Gasteiger partial charge in [0.15, 0.2) is 0 Å². The first-order valence-corrected chi connectivity index (χ1v) is 10.9. The van der Waals surface area contributed by atoms with Crippen molar-refractivity contribution in [3.63, 3.8) is 0 Å². The average Bonchev–Trinajstić information content (AvgIpc) is 2.76. The van der Waals surface area contributed by atoms with E-state index in [0.717, 1.165) is 34.0 Å². The van der Waals surface area contributed by atoms with E-state index in [2.05, 4.69) is 29.4 Å². The highest BCUT2D eigenvalue weighted by atomic mass is 32.2. The zero-order valence-electron chi connectivity index (χ0n) is 17.7. The molecule has 0 saturated carbocycles. The average molecular weight is 427 g/mol. The van der Waals surface area contributed by atoms with Gasteiger partial charge in [-0.05, 0) is 55.7 Å². The van der Waals surface area contributed by atoms with Crippen molar-refractivity contribution in [2.24, 2.45) is 11.1 Å². The number of allylic oxidation sites excluding steroid dienone is 4. The van der Waals surface area contributed by atoms with Crippen LogP contribution in [0.5, 0.6) is 0 Å². The largest absolute Gasteiger partial charge is 0.393 e. The molecule has 30 heavy (non-hydrogen) atoms. The van der Waals surface area contributed by atoms with Gasteiger partial charge in [0.05, 0.1) is 0 Å². The van der Waals surface area contributed by atoms with Crippen molar-refractivity contribution < 1.29 is 4.39 Å². The number of halogens is 1. The van der Waals surface area contributed by atoms with Gasteiger partial charge in [0.2, 0.25) is 0 Å². The van der Waals surface area contributed by atoms with Crippen molar-refractivity contribution >= 4 is 23.7 Å². The second-order valence-electron chi connectivity index (χ2n) is 7.06. The van der Waals surface area contributed by atoms with Crippen LogP contribution in [0.1, 0.15) is 19.8 Å². The van der Waals surface area contributed by atoms with Crippen LogP contribution in [0, 0.1) is 16.6 Å². The zero-order chi connectivity index (χ0) is 22.0. The summed E-state index contributed by atoms with van der Waals surface area (Å²) in [5.41, 5.74) is 9.49. The van der Waals surface area contributed by atoms with Crippen molar-refractivity contribution in [2.45, 2.75) is 19.8 Å². The molecule has 1 aliphatic carbocycles. The van der Waals surface area contributed by atoms with Crippen LogP contribution >= 0.6 is 11.8 Å². The lowest BCUT2D eigenvalue weighted by Gasteiger charge is -2.37. The third-order valence-electron chi connectivity index (χ3n) is 5.12. The van der Waals surface area contributed by atoms with Crippen LogP contribution in [-0.4, -0.2) is 25.6 Å². The Morgan fingerprint density at radius 1 is 1.37 bits per heavy atom. The molecule has 1 aliphatic rings. The highest BCUT2D eigenvalue weighted by Crippen LogP contribution is 2.42. The Bertz CT molecular complexity index is 868. The monoisotopic (exact) mass is 426 g/mol. The number of hydrogen-bond donors (Lipinski definition) is 4. The molecule has 1 atom stereocenters. The molecule has 1 aromatic rings. The Balaban J connectivity index is 2.29. The topological polar surface area (TPSA) is 73.9 Å². The maximum absolute atomic E-state index is 13.2. The third kappa shape index (κ3) is 5.97. The molecule has 0 aromatic heterocycles. The van der Waals surface area contributed by atoms with Crippen LogP contribution < -0.4 is 16.4 Å². The summed E-state index contributed by atoms with van der Waals surface area (Å²) in [7, 11) is 1.89. The summed E-state index contributed by atoms with van der Waals surface area (Å²) in [6.45, 7) is 6.48. The van der Waals surface area contributed by atoms with E-state index in [1.54, 1.807) is 23.9 Å². The summed E-state index contributed by atoms with van der Waals surface area (Å²) in [5.74, 6) is 0.613. The third-order valence-corrected chi connectivity index (χ3v) is 6.12. The quantitative estimate of drug-likeness (QED) is 0.218. The van der Waals surface area contributed by atoms with Crippen LogP contribution in [0.15, 0.2) is 83.1 Å². The summed E-state index contributed by atoms with van der Waals surface area (Å²) in [5, 5.41) is 14.3. The summed E-state index contributed by atoms with van der Waals surface area (Å²) in [4.78, 5) is 1.16. The molecular formula is C24H31FN4S. The maximum Gasteiger partial charge on any atom is 0.123 e. The SMILES string of the molecule is C=CC1(CN)CC(C=N)=C(Nc2ccc(F)cc2)C=C1CCSC(/C=C\C)=C/NC. The minimum atomic E-state index is -0.366. The fourth-order valence-electron chi connectivity index (χ4n) is 3.43. The molecule has 0 heterocycles. The van der Waals surface area contributed by atoms with E-state index in [1.807, 2.05) is 32.3 Å². The van der Waals surface area contributed by atoms with Gasteiger partial charge in [-0.3, -0.25) is 0 Å². The molecule has 1 unspecified atom stereocenters. The van der Waals surface area contributed by atoms with Crippen molar-refractivity contribution in [2.75, 3.05) is 24.7 Å². The van der Waals surface area contributed by atoms with E-state index < -0.39 is 0 Å². The van der Waals surface area contributed by atoms with E-state index in [4.69, 9.17) is 11.1 Å². The highest BCUT2D eigenvalue weighted by molar-refractivity contribution is 8.03. The molecule has 5 N–H and O–H groups in total. The number of anilines is 1. The first-order chi connectivity index (χ1) is 14.5. The minimum absolute atomic E-state index is 0.279. The van der Waals surface area contributed by atoms with Gasteiger partial charge >= 0.3 is 0 Å². The first kappa shape index (κ1) is 23.7. The molecule has 4 nitrogen and oxygen atoms in total. The molecule has 160 valence electrons. The number of benzene rings is 1. The number of rotatable bonds is 11. The van der Waals surface area contributed by atoms with Gasteiger partial charge in [-0.1, -0.05) is 23.8 Å². The second kappa shape index (κ2) is 11.6. The fraction of sp³-hybridized carbons (Fsp3) is 0.292. The van der Waals surface area contributed by atoms with Gasteiger partial charge in [0.1, 0.15) is 5.82 Å². The van der Waals surface area contributed by atoms with E-state index in [-0.39, 0.29) is 11.2 Å². The number of hydrogen-bond acceptors (Lipinski definition) is 5. The van der Waals surface area contributed by atoms with Crippen molar-refractivity contribution in [1.82, 2.24) is 5.32 Å². The van der Waals surface area contributed by atoms with Crippen LogP contribution in [0.25, 0.3) is 0 Å². The Kier molecular flexibility index (Phi) is 9.15. The smallest absolute Gasteiger partial charge is 0.123 e. The predicted molar refractivity (Wildman–Crippen MR) is 129 cm³/mol. The van der Waals surface area contributed by atoms with Gasteiger partial charge < -0.3 is 21.8 Å². The number of thioether (sulfide) groups is 1. The zero-order valence-corrected chi connectivity index (χ0v) is 18.5. The molecular weight excluding hydrogens is 395 g/mol. The Hall–Kier alpha value is -2.57. The molecule has 6 heteroatoms. The molecule has 1 aromatic carbocycles. The van der Waals surface area contributed by atoms with Crippen LogP contribution in [-0.2, 0) is 0 Å². The Morgan fingerprint density at radius 3 is 2.67 bits per heavy atom. The second-order valence-corrected chi connectivity index (χ2v) is 8.23. The molecule has 0 fully saturated rings. The molecule has 2 rings (SSSR count). The molecule has 0 spiro atoms. The van der Waals surface area contributed by atoms with E-state index >= 15 is 0 Å². The summed E-state index contributed by atoms with van der Waals surface area (Å²) in [6, 6.07) is 6.22. The first-order valence-electron chi connectivity index (χ1n) is 9.95. The Labute approximate surface area is 183 Å². The standard InChI is InChI=1S/C24H31FN4S/c1-4-6-22(16-28-3)30-12-11-19-13-23(29-21-9-7-20(25)8-10-21)18(15-26)14-24(19,5-2)17-27/h4-10,13,15-16,26,28-29H,2,11-12,14,17,27H2,1,3H3/b6-4-,22-16+,26-15?. The molecule has 0 amide bonds.